The Morgan fingerprint density at radius 1 is 1.07 bits per heavy atom. The first-order valence-electron chi connectivity index (χ1n) is 11.1. The Balaban J connectivity index is 1.48. The molecule has 0 amide bonds. The van der Waals surface area contributed by atoms with Crippen molar-refractivity contribution in [2.24, 2.45) is 28.6 Å². The van der Waals surface area contributed by atoms with Gasteiger partial charge in [-0.1, -0.05) is 6.92 Å². The molecule has 0 saturated heterocycles. The molecule has 29 heavy (non-hydrogen) atoms. The van der Waals surface area contributed by atoms with Crippen LogP contribution < -0.4 is 0 Å². The van der Waals surface area contributed by atoms with Crippen molar-refractivity contribution < 1.29 is 29.6 Å². The molecule has 0 aromatic rings. The number of hydrogen-bond acceptors (Lipinski definition) is 6. The molecule has 4 saturated carbocycles. The molecule has 0 spiro atoms. The van der Waals surface area contributed by atoms with Gasteiger partial charge < -0.3 is 24.9 Å². The Morgan fingerprint density at radius 2 is 1.86 bits per heavy atom. The number of hydrogen-bond donors (Lipinski definition) is 3. The average molecular weight is 405 g/mol. The summed E-state index contributed by atoms with van der Waals surface area (Å²) < 4.78 is 5.10. The van der Waals surface area contributed by atoms with Gasteiger partial charge in [-0.3, -0.25) is 0 Å². The third-order valence-corrected chi connectivity index (χ3v) is 9.58. The van der Waals surface area contributed by atoms with Crippen molar-refractivity contribution in [3.8, 4) is 0 Å². The molecule has 0 radical (unpaired) electrons. The number of carbonyl (C=O) groups is 2. The second-order valence-corrected chi connectivity index (χ2v) is 10.9. The number of aliphatic hydroxyl groups excluding tert-OH is 1. The monoisotopic (exact) mass is 404 g/mol. The largest absolute Gasteiger partial charge is 0.458 e. The van der Waals surface area contributed by atoms with E-state index in [1.807, 2.05) is 0 Å². The zero-order chi connectivity index (χ0) is 20.7. The van der Waals surface area contributed by atoms with Gasteiger partial charge in [-0.15, -0.1) is 0 Å². The van der Waals surface area contributed by atoms with Crippen LogP contribution in [-0.4, -0.2) is 51.5 Å². The van der Waals surface area contributed by atoms with Crippen LogP contribution in [0.15, 0.2) is 11.6 Å². The van der Waals surface area contributed by atoms with E-state index in [-0.39, 0.29) is 35.6 Å². The minimum atomic E-state index is -1.15. The highest BCUT2D eigenvalue weighted by Crippen LogP contribution is 2.68. The van der Waals surface area contributed by atoms with Gasteiger partial charge in [0, 0.05) is 12.5 Å². The van der Waals surface area contributed by atoms with Crippen molar-refractivity contribution in [1.29, 1.82) is 0 Å². The van der Waals surface area contributed by atoms with Gasteiger partial charge in [0.1, 0.15) is 12.9 Å². The summed E-state index contributed by atoms with van der Waals surface area (Å²) in [5.74, 6) is 0.0379. The summed E-state index contributed by atoms with van der Waals surface area (Å²) in [5.41, 5.74) is -2.19. The third-order valence-electron chi connectivity index (χ3n) is 9.58. The van der Waals surface area contributed by atoms with Crippen LogP contribution >= 0.6 is 0 Å². The number of aliphatic hydroxyl groups is 3. The molecule has 1 heterocycles. The second kappa shape index (κ2) is 6.14. The van der Waals surface area contributed by atoms with E-state index in [9.17, 15) is 24.9 Å². The minimum Gasteiger partial charge on any atom is -0.458 e. The van der Waals surface area contributed by atoms with Gasteiger partial charge in [0.15, 0.2) is 0 Å². The fraction of sp³-hybridized carbons (Fsp3) is 0.826. The van der Waals surface area contributed by atoms with Crippen LogP contribution in [0.3, 0.4) is 0 Å². The molecule has 5 rings (SSSR count). The summed E-state index contributed by atoms with van der Waals surface area (Å²) in [6.07, 6.45) is 7.36. The summed E-state index contributed by atoms with van der Waals surface area (Å²) in [5, 5.41) is 33.4. The lowest BCUT2D eigenvalue weighted by atomic mass is 9.43. The number of ether oxygens (including phenoxy) is 1. The molecule has 1 aliphatic heterocycles. The van der Waals surface area contributed by atoms with E-state index >= 15 is 0 Å². The van der Waals surface area contributed by atoms with E-state index in [1.165, 1.54) is 0 Å². The highest BCUT2D eigenvalue weighted by Gasteiger charge is 2.68. The smallest absolute Gasteiger partial charge is 0.331 e. The molecule has 0 aromatic carbocycles. The third kappa shape index (κ3) is 2.58. The van der Waals surface area contributed by atoms with Crippen molar-refractivity contribution >= 4 is 12.3 Å². The Morgan fingerprint density at radius 3 is 2.55 bits per heavy atom. The van der Waals surface area contributed by atoms with Gasteiger partial charge in [-0.2, -0.15) is 0 Å². The fourth-order valence-corrected chi connectivity index (χ4v) is 7.95. The molecule has 160 valence electrons. The lowest BCUT2D eigenvalue weighted by Crippen LogP contribution is -2.66. The number of fused-ring (bicyclic) bond motifs is 4. The summed E-state index contributed by atoms with van der Waals surface area (Å²) in [6.45, 7) is 2.43. The van der Waals surface area contributed by atoms with E-state index in [0.29, 0.717) is 45.1 Å². The predicted octanol–water partition coefficient (Wildman–Crippen LogP) is 1.90. The molecule has 0 aromatic heterocycles. The molecule has 6 heteroatoms. The van der Waals surface area contributed by atoms with Crippen molar-refractivity contribution in [3.05, 3.63) is 11.6 Å². The number of cyclic esters (lactones) is 1. The summed E-state index contributed by atoms with van der Waals surface area (Å²) in [7, 11) is 0. The SMILES string of the molecule is C[C@@]12C[C@@H](C3=CC(=O)OC3)C[C@@]1(O)C[C@@H]1CC[C@@]3(O)C[C@H](O)CC[C@]3(C=O)[C@H]1C2. The molecule has 3 N–H and O–H groups in total. The van der Waals surface area contributed by atoms with Crippen LogP contribution in [0.25, 0.3) is 0 Å². The number of carbonyl (C=O) groups excluding carboxylic acids is 2. The van der Waals surface area contributed by atoms with Crippen LogP contribution in [0.4, 0.5) is 0 Å². The second-order valence-electron chi connectivity index (χ2n) is 10.9. The Kier molecular flexibility index (Phi) is 4.18. The highest BCUT2D eigenvalue weighted by atomic mass is 16.5. The maximum Gasteiger partial charge on any atom is 0.331 e. The fourth-order valence-electron chi connectivity index (χ4n) is 7.95. The normalized spacial score (nSPS) is 54.1. The van der Waals surface area contributed by atoms with Crippen LogP contribution in [0.2, 0.25) is 0 Å². The van der Waals surface area contributed by atoms with E-state index in [4.69, 9.17) is 4.74 Å². The lowest BCUT2D eigenvalue weighted by molar-refractivity contribution is -0.229. The first-order chi connectivity index (χ1) is 13.6. The molecule has 0 unspecified atom stereocenters. The highest BCUT2D eigenvalue weighted by molar-refractivity contribution is 5.85. The van der Waals surface area contributed by atoms with Crippen LogP contribution in [-0.2, 0) is 14.3 Å². The van der Waals surface area contributed by atoms with E-state index in [2.05, 4.69) is 6.92 Å². The number of aldehydes is 1. The molecule has 6 nitrogen and oxygen atoms in total. The molecule has 0 bridgehead atoms. The Hall–Kier alpha value is -1.24. The predicted molar refractivity (Wildman–Crippen MR) is 104 cm³/mol. The molecule has 4 aliphatic carbocycles. The summed E-state index contributed by atoms with van der Waals surface area (Å²) in [6, 6.07) is 0. The molecular formula is C23H32O6. The summed E-state index contributed by atoms with van der Waals surface area (Å²) in [4.78, 5) is 24.0. The standard InChI is InChI=1S/C23H32O6/c1-20-7-16(15-6-19(26)29-12-15)9-23(20,28)8-14-2-5-22(27)10-17(25)3-4-21(22,13-24)18(14)11-20/h6,13-14,16-18,25,27-28H,2-5,7-12H2,1H3/t14-,16+,17+,18-,20-,21-,22+,23-/m0/s1. The minimum absolute atomic E-state index is 0.0192. The number of esters is 1. The topological polar surface area (TPSA) is 104 Å². The zero-order valence-corrected chi connectivity index (χ0v) is 17.1. The van der Waals surface area contributed by atoms with E-state index < -0.39 is 22.7 Å². The maximum atomic E-state index is 12.5. The molecular weight excluding hydrogens is 372 g/mol. The van der Waals surface area contributed by atoms with Gasteiger partial charge in [0.25, 0.3) is 0 Å². The molecule has 4 fully saturated rings. The van der Waals surface area contributed by atoms with Crippen LogP contribution in [0, 0.1) is 28.6 Å². The first-order valence-corrected chi connectivity index (χ1v) is 11.1. The van der Waals surface area contributed by atoms with Gasteiger partial charge in [0.05, 0.1) is 22.7 Å². The van der Waals surface area contributed by atoms with Crippen LogP contribution in [0.1, 0.15) is 64.7 Å². The van der Waals surface area contributed by atoms with Gasteiger partial charge in [-0.05, 0) is 80.1 Å². The first kappa shape index (κ1) is 19.7. The van der Waals surface area contributed by atoms with Crippen molar-refractivity contribution in [2.75, 3.05) is 6.61 Å². The van der Waals surface area contributed by atoms with Crippen molar-refractivity contribution in [1.82, 2.24) is 0 Å². The average Bonchev–Trinajstić information content (AvgIpc) is 3.20. The Bertz CT molecular complexity index is 777. The van der Waals surface area contributed by atoms with E-state index in [1.54, 1.807) is 6.08 Å². The molecule has 8 atom stereocenters. The number of rotatable bonds is 2. The van der Waals surface area contributed by atoms with Crippen LogP contribution in [0.5, 0.6) is 0 Å². The van der Waals surface area contributed by atoms with Crippen molar-refractivity contribution in [2.45, 2.75) is 82.0 Å². The van der Waals surface area contributed by atoms with Gasteiger partial charge in [0.2, 0.25) is 0 Å². The maximum absolute atomic E-state index is 12.5. The van der Waals surface area contributed by atoms with Crippen molar-refractivity contribution in [3.63, 3.8) is 0 Å². The van der Waals surface area contributed by atoms with Gasteiger partial charge >= 0.3 is 5.97 Å². The van der Waals surface area contributed by atoms with E-state index in [0.717, 1.165) is 24.7 Å². The lowest BCUT2D eigenvalue weighted by Gasteiger charge is -2.63. The zero-order valence-electron chi connectivity index (χ0n) is 17.1. The Labute approximate surface area is 171 Å². The molecule has 5 aliphatic rings. The summed E-state index contributed by atoms with van der Waals surface area (Å²) >= 11 is 0. The van der Waals surface area contributed by atoms with Gasteiger partial charge in [-0.25, -0.2) is 4.79 Å². The quantitative estimate of drug-likeness (QED) is 0.480.